The van der Waals surface area contributed by atoms with Crippen molar-refractivity contribution in [2.45, 2.75) is 12.8 Å². The highest BCUT2D eigenvalue weighted by Gasteiger charge is 2.26. The number of hydrogen-bond donors (Lipinski definition) is 1. The average Bonchev–Trinajstić information content (AvgIpc) is 3.03. The Balaban J connectivity index is 1.60. The molecule has 29 heavy (non-hydrogen) atoms. The zero-order chi connectivity index (χ0) is 20.4. The number of aromatic nitrogens is 2. The Morgan fingerprint density at radius 2 is 1.83 bits per heavy atom. The molecule has 2 aromatic carbocycles. The smallest absolute Gasteiger partial charge is 0.257 e. The molecular weight excluding hydrogens is 390 g/mol. The number of hydrogen-bond acceptors (Lipinski definition) is 4. The Kier molecular flexibility index (Phi) is 5.45. The minimum Gasteiger partial charge on any atom is -0.496 e. The maximum Gasteiger partial charge on any atom is 0.257 e. The normalized spacial score (nSPS) is 13.6. The van der Waals surface area contributed by atoms with Gasteiger partial charge in [-0.05, 0) is 36.8 Å². The SMILES string of the molecule is COc1cc(Cl)ccc1C(=O)N1CCc2[nH]nc(-c3ccccc3OC)c2CC1. The predicted octanol–water partition coefficient (Wildman–Crippen LogP) is 3.99. The van der Waals surface area contributed by atoms with Gasteiger partial charge >= 0.3 is 0 Å². The molecule has 150 valence electrons. The summed E-state index contributed by atoms with van der Waals surface area (Å²) in [6.07, 6.45) is 1.42. The highest BCUT2D eigenvalue weighted by molar-refractivity contribution is 6.30. The van der Waals surface area contributed by atoms with Crippen LogP contribution < -0.4 is 9.47 Å². The molecule has 1 aliphatic rings. The van der Waals surface area contributed by atoms with Crippen molar-refractivity contribution < 1.29 is 14.3 Å². The third-order valence-electron chi connectivity index (χ3n) is 5.26. The summed E-state index contributed by atoms with van der Waals surface area (Å²) < 4.78 is 10.9. The van der Waals surface area contributed by atoms with E-state index in [1.807, 2.05) is 29.2 Å². The van der Waals surface area contributed by atoms with Crippen molar-refractivity contribution in [2.24, 2.45) is 0 Å². The number of carbonyl (C=O) groups is 1. The van der Waals surface area contributed by atoms with Gasteiger partial charge in [0.25, 0.3) is 5.91 Å². The minimum absolute atomic E-state index is 0.0597. The van der Waals surface area contributed by atoms with Gasteiger partial charge in [0.15, 0.2) is 0 Å². The van der Waals surface area contributed by atoms with Gasteiger partial charge in [0, 0.05) is 41.4 Å². The number of amides is 1. The van der Waals surface area contributed by atoms with Gasteiger partial charge in [-0.2, -0.15) is 5.10 Å². The second kappa shape index (κ2) is 8.17. The molecule has 0 saturated carbocycles. The average molecular weight is 412 g/mol. The molecule has 0 spiro atoms. The fraction of sp³-hybridized carbons (Fsp3) is 0.273. The van der Waals surface area contributed by atoms with Crippen LogP contribution in [0.15, 0.2) is 42.5 Å². The molecule has 3 aromatic rings. The van der Waals surface area contributed by atoms with Crippen LogP contribution >= 0.6 is 11.6 Å². The standard InChI is InChI=1S/C22H22ClN3O3/c1-28-19-6-4-3-5-16(19)21-15-9-11-26(12-10-18(15)24-25-21)22(27)17-8-7-14(23)13-20(17)29-2/h3-8,13H,9-12H2,1-2H3,(H,24,25). The maximum atomic E-state index is 13.1. The molecule has 6 nitrogen and oxygen atoms in total. The first-order valence-electron chi connectivity index (χ1n) is 9.44. The number of nitrogens with one attached hydrogen (secondary N) is 1. The van der Waals surface area contributed by atoms with E-state index < -0.39 is 0 Å². The number of H-pyrrole nitrogens is 1. The molecule has 2 heterocycles. The zero-order valence-corrected chi connectivity index (χ0v) is 17.1. The van der Waals surface area contributed by atoms with E-state index in [-0.39, 0.29) is 5.91 Å². The summed E-state index contributed by atoms with van der Waals surface area (Å²) in [5, 5.41) is 8.24. The molecule has 0 fully saturated rings. The Morgan fingerprint density at radius 3 is 2.62 bits per heavy atom. The van der Waals surface area contributed by atoms with Crippen LogP contribution in [0.25, 0.3) is 11.3 Å². The van der Waals surface area contributed by atoms with E-state index in [1.54, 1.807) is 32.4 Å². The van der Waals surface area contributed by atoms with Crippen molar-refractivity contribution in [3.63, 3.8) is 0 Å². The van der Waals surface area contributed by atoms with E-state index in [1.165, 1.54) is 0 Å². The second-order valence-corrected chi connectivity index (χ2v) is 7.30. The maximum absolute atomic E-state index is 13.1. The largest absolute Gasteiger partial charge is 0.496 e. The number of aromatic amines is 1. The fourth-order valence-corrected chi connectivity index (χ4v) is 3.92. The molecule has 1 aliphatic heterocycles. The number of ether oxygens (including phenoxy) is 2. The number of carbonyl (C=O) groups excluding carboxylic acids is 1. The topological polar surface area (TPSA) is 67.5 Å². The van der Waals surface area contributed by atoms with Crippen molar-refractivity contribution >= 4 is 17.5 Å². The summed E-state index contributed by atoms with van der Waals surface area (Å²) in [6.45, 7) is 1.20. The summed E-state index contributed by atoms with van der Waals surface area (Å²) in [4.78, 5) is 15.0. The number of fused-ring (bicyclic) bond motifs is 1. The van der Waals surface area contributed by atoms with E-state index >= 15 is 0 Å². The van der Waals surface area contributed by atoms with Crippen LogP contribution in [-0.2, 0) is 12.8 Å². The van der Waals surface area contributed by atoms with Gasteiger partial charge in [-0.15, -0.1) is 0 Å². The summed E-state index contributed by atoms with van der Waals surface area (Å²) in [7, 11) is 3.20. The van der Waals surface area contributed by atoms with Crippen molar-refractivity contribution in [1.82, 2.24) is 15.1 Å². The van der Waals surface area contributed by atoms with Crippen LogP contribution in [0.2, 0.25) is 5.02 Å². The number of para-hydroxylation sites is 1. The van der Waals surface area contributed by atoms with E-state index in [2.05, 4.69) is 10.2 Å². The molecule has 1 amide bonds. The Hall–Kier alpha value is -2.99. The number of halogens is 1. The van der Waals surface area contributed by atoms with Crippen molar-refractivity contribution in [3.8, 4) is 22.8 Å². The van der Waals surface area contributed by atoms with E-state index in [0.717, 1.165) is 28.3 Å². The van der Waals surface area contributed by atoms with Crippen LogP contribution in [0.3, 0.4) is 0 Å². The first-order valence-corrected chi connectivity index (χ1v) is 9.82. The van der Waals surface area contributed by atoms with Crippen LogP contribution in [0.4, 0.5) is 0 Å². The summed E-state index contributed by atoms with van der Waals surface area (Å²) in [5.41, 5.74) is 4.55. The molecule has 1 aromatic heterocycles. The molecule has 0 aliphatic carbocycles. The van der Waals surface area contributed by atoms with Gasteiger partial charge in [-0.3, -0.25) is 9.89 Å². The lowest BCUT2D eigenvalue weighted by molar-refractivity contribution is 0.0759. The van der Waals surface area contributed by atoms with Gasteiger partial charge in [-0.1, -0.05) is 23.7 Å². The molecule has 4 rings (SSSR count). The molecule has 0 atom stereocenters. The number of rotatable bonds is 4. The lowest BCUT2D eigenvalue weighted by atomic mass is 10.0. The second-order valence-electron chi connectivity index (χ2n) is 6.87. The predicted molar refractivity (Wildman–Crippen MR) is 112 cm³/mol. The van der Waals surface area contributed by atoms with Gasteiger partial charge < -0.3 is 14.4 Å². The van der Waals surface area contributed by atoms with Gasteiger partial charge in [-0.25, -0.2) is 0 Å². The van der Waals surface area contributed by atoms with Gasteiger partial charge in [0.2, 0.25) is 0 Å². The lowest BCUT2D eigenvalue weighted by Crippen LogP contribution is -2.33. The molecule has 7 heteroatoms. The van der Waals surface area contributed by atoms with Crippen molar-refractivity contribution in [2.75, 3.05) is 27.3 Å². The molecule has 0 unspecified atom stereocenters. The Labute approximate surface area is 174 Å². The highest BCUT2D eigenvalue weighted by atomic mass is 35.5. The number of benzene rings is 2. The summed E-state index contributed by atoms with van der Waals surface area (Å²) in [6, 6.07) is 12.9. The van der Waals surface area contributed by atoms with E-state index in [4.69, 9.17) is 21.1 Å². The quantitative estimate of drug-likeness (QED) is 0.704. The van der Waals surface area contributed by atoms with E-state index in [0.29, 0.717) is 42.3 Å². The first kappa shape index (κ1) is 19.3. The van der Waals surface area contributed by atoms with E-state index in [9.17, 15) is 4.79 Å². The Bertz CT molecular complexity index is 1050. The van der Waals surface area contributed by atoms with Crippen LogP contribution in [0, 0.1) is 0 Å². The zero-order valence-electron chi connectivity index (χ0n) is 16.4. The molecule has 0 radical (unpaired) electrons. The summed E-state index contributed by atoms with van der Waals surface area (Å²) >= 11 is 6.03. The molecule has 0 saturated heterocycles. The van der Waals surface area contributed by atoms with Crippen molar-refractivity contribution in [1.29, 1.82) is 0 Å². The third kappa shape index (κ3) is 3.68. The van der Waals surface area contributed by atoms with Gasteiger partial charge in [0.05, 0.1) is 25.5 Å². The van der Waals surface area contributed by atoms with Crippen LogP contribution in [0.5, 0.6) is 11.5 Å². The monoisotopic (exact) mass is 411 g/mol. The molecular formula is C22H22ClN3O3. The molecule has 0 bridgehead atoms. The molecule has 1 N–H and O–H groups in total. The third-order valence-corrected chi connectivity index (χ3v) is 5.49. The first-order chi connectivity index (χ1) is 14.1. The number of nitrogens with zero attached hydrogens (tertiary/aromatic N) is 2. The summed E-state index contributed by atoms with van der Waals surface area (Å²) in [5.74, 6) is 1.21. The lowest BCUT2D eigenvalue weighted by Gasteiger charge is -2.21. The number of methoxy groups -OCH3 is 2. The van der Waals surface area contributed by atoms with Crippen LogP contribution in [-0.4, -0.2) is 48.3 Å². The van der Waals surface area contributed by atoms with Crippen LogP contribution in [0.1, 0.15) is 21.6 Å². The fourth-order valence-electron chi connectivity index (χ4n) is 3.76. The van der Waals surface area contributed by atoms with Gasteiger partial charge in [0.1, 0.15) is 11.5 Å². The highest BCUT2D eigenvalue weighted by Crippen LogP contribution is 2.33. The minimum atomic E-state index is -0.0597. The van der Waals surface area contributed by atoms with Crippen molar-refractivity contribution in [3.05, 3.63) is 64.3 Å². The Morgan fingerprint density at radius 1 is 1.07 bits per heavy atom.